The molecule has 0 spiro atoms. The average Bonchev–Trinajstić information content (AvgIpc) is 3.17. The molecule has 0 bridgehead atoms. The molecule has 33 heavy (non-hydrogen) atoms. The van der Waals surface area contributed by atoms with E-state index in [1.807, 2.05) is 83.1 Å². The molecule has 0 aliphatic carbocycles. The topological polar surface area (TPSA) is 84.6 Å². The van der Waals surface area contributed by atoms with E-state index >= 15 is 0 Å². The lowest BCUT2D eigenvalue weighted by molar-refractivity contribution is -0.156. The van der Waals surface area contributed by atoms with Crippen LogP contribution >= 0.6 is 11.3 Å². The Morgan fingerprint density at radius 1 is 1.18 bits per heavy atom. The number of anilines is 2. The lowest BCUT2D eigenvalue weighted by Gasteiger charge is -2.33. The van der Waals surface area contributed by atoms with Crippen LogP contribution in [0.2, 0.25) is 0 Å². The summed E-state index contributed by atoms with van der Waals surface area (Å²) in [6.07, 6.45) is 0. The largest absolute Gasteiger partial charge is 0.460 e. The van der Waals surface area contributed by atoms with E-state index in [0.717, 1.165) is 44.2 Å². The quantitative estimate of drug-likeness (QED) is 0.275. The molecule has 3 aromatic rings. The van der Waals surface area contributed by atoms with E-state index in [2.05, 4.69) is 5.32 Å². The van der Waals surface area contributed by atoms with Crippen molar-refractivity contribution in [3.8, 4) is 0 Å². The maximum absolute atomic E-state index is 13.4. The number of nitrogens with one attached hydrogen (secondary N) is 1. The van der Waals surface area contributed by atoms with Crippen molar-refractivity contribution in [1.29, 1.82) is 0 Å². The number of nitrogen functional groups attached to an aromatic ring is 1. The number of rotatable bonds is 9. The molecule has 3 rings (SSSR count). The van der Waals surface area contributed by atoms with Crippen LogP contribution in [0.4, 0.5) is 11.4 Å². The molecule has 176 valence electrons. The number of carbonyl (C=O) groups excluding carboxylic acids is 1. The first kappa shape index (κ1) is 24.8. The van der Waals surface area contributed by atoms with Gasteiger partial charge in [0.05, 0.1) is 23.4 Å². The van der Waals surface area contributed by atoms with Gasteiger partial charge in [0.25, 0.3) is 0 Å². The summed E-state index contributed by atoms with van der Waals surface area (Å²) in [7, 11) is 0. The number of aryl methyl sites for hydroxylation is 1. The number of thiophene rings is 1. The van der Waals surface area contributed by atoms with Gasteiger partial charge in [-0.3, -0.25) is 4.79 Å². The number of aliphatic hydroxyl groups is 1. The minimum atomic E-state index is -0.865. The predicted octanol–water partition coefficient (Wildman–Crippen LogP) is 5.77. The van der Waals surface area contributed by atoms with Gasteiger partial charge in [0.2, 0.25) is 0 Å². The molecule has 4 N–H and O–H groups in total. The third kappa shape index (κ3) is 5.23. The Balaban J connectivity index is 2.04. The van der Waals surface area contributed by atoms with Crippen molar-refractivity contribution in [2.75, 3.05) is 17.6 Å². The number of aliphatic hydroxyl groups excluding tert-OH is 1. The highest BCUT2D eigenvalue weighted by molar-refractivity contribution is 7.12. The first-order valence-electron chi connectivity index (χ1n) is 11.2. The first-order chi connectivity index (χ1) is 15.7. The van der Waals surface area contributed by atoms with Gasteiger partial charge in [0, 0.05) is 22.2 Å². The highest BCUT2D eigenvalue weighted by Gasteiger charge is 2.42. The van der Waals surface area contributed by atoms with E-state index in [4.69, 9.17) is 10.5 Å². The van der Waals surface area contributed by atoms with Gasteiger partial charge in [-0.2, -0.15) is 0 Å². The molecule has 0 fully saturated rings. The number of hydrogen-bond donors (Lipinski definition) is 3. The summed E-state index contributed by atoms with van der Waals surface area (Å²) in [6.45, 7) is 10.8. The van der Waals surface area contributed by atoms with Crippen LogP contribution in [-0.4, -0.2) is 17.6 Å². The molecular weight excluding hydrogens is 432 g/mol. The second kappa shape index (κ2) is 10.4. The van der Waals surface area contributed by atoms with Crippen molar-refractivity contribution >= 4 is 28.7 Å². The molecule has 1 heterocycles. The second-order valence-corrected chi connectivity index (χ2v) is 10.2. The molecular formula is C27H34N2O3S. The van der Waals surface area contributed by atoms with Crippen LogP contribution in [0, 0.1) is 19.3 Å². The highest BCUT2D eigenvalue weighted by Crippen LogP contribution is 2.47. The maximum atomic E-state index is 13.4. The average molecular weight is 467 g/mol. The van der Waals surface area contributed by atoms with Crippen LogP contribution in [0.3, 0.4) is 0 Å². The fourth-order valence-electron chi connectivity index (χ4n) is 4.17. The zero-order valence-electron chi connectivity index (χ0n) is 20.1. The van der Waals surface area contributed by atoms with E-state index < -0.39 is 5.41 Å². The summed E-state index contributed by atoms with van der Waals surface area (Å²) in [4.78, 5) is 15.5. The number of esters is 1. The molecule has 1 atom stereocenters. The molecule has 1 aromatic heterocycles. The fraction of sp³-hybridized carbons (Fsp3) is 0.370. The summed E-state index contributed by atoms with van der Waals surface area (Å²) >= 11 is 1.61. The second-order valence-electron chi connectivity index (χ2n) is 8.88. The lowest BCUT2D eigenvalue weighted by Crippen LogP contribution is -2.34. The summed E-state index contributed by atoms with van der Waals surface area (Å²) in [5, 5.41) is 13.1. The van der Waals surface area contributed by atoms with Crippen LogP contribution in [-0.2, 0) is 22.7 Å². The molecule has 2 aromatic carbocycles. The van der Waals surface area contributed by atoms with Gasteiger partial charge in [0.1, 0.15) is 6.61 Å². The number of hydrogen-bond acceptors (Lipinski definition) is 6. The molecule has 0 aliphatic rings. The van der Waals surface area contributed by atoms with E-state index in [9.17, 15) is 9.90 Å². The minimum Gasteiger partial charge on any atom is -0.460 e. The summed E-state index contributed by atoms with van der Waals surface area (Å²) in [6, 6.07) is 15.7. The van der Waals surface area contributed by atoms with Gasteiger partial charge in [0.15, 0.2) is 0 Å². The van der Waals surface area contributed by atoms with Gasteiger partial charge in [-0.15, -0.1) is 11.3 Å². The molecule has 0 saturated heterocycles. The van der Waals surface area contributed by atoms with Gasteiger partial charge >= 0.3 is 5.97 Å². The van der Waals surface area contributed by atoms with Crippen LogP contribution in [0.1, 0.15) is 58.7 Å². The van der Waals surface area contributed by atoms with Crippen molar-refractivity contribution in [1.82, 2.24) is 0 Å². The monoisotopic (exact) mass is 466 g/mol. The lowest BCUT2D eigenvalue weighted by atomic mass is 9.72. The van der Waals surface area contributed by atoms with Crippen molar-refractivity contribution in [2.45, 2.75) is 53.8 Å². The van der Waals surface area contributed by atoms with Crippen molar-refractivity contribution in [2.24, 2.45) is 5.41 Å². The van der Waals surface area contributed by atoms with Gasteiger partial charge < -0.3 is 20.9 Å². The third-order valence-electron chi connectivity index (χ3n) is 6.19. The number of ether oxygens (including phenoxy) is 1. The standard InChI is InChI=1S/C27H34N2O3S/c1-6-29-22-13-12-21(17(2)25(22)28)24(23-14-20(15-30)18(3)33-23)27(4,5)26(31)32-16-19-10-8-7-9-11-19/h7-14,24,29-30H,6,15-16,28H2,1-5H3. The summed E-state index contributed by atoms with van der Waals surface area (Å²) < 4.78 is 5.79. The Morgan fingerprint density at radius 3 is 2.48 bits per heavy atom. The van der Waals surface area contributed by atoms with Crippen molar-refractivity contribution in [3.63, 3.8) is 0 Å². The van der Waals surface area contributed by atoms with Crippen LogP contribution in [0.15, 0.2) is 48.5 Å². The molecule has 0 aliphatic heterocycles. The molecule has 0 radical (unpaired) electrons. The summed E-state index contributed by atoms with van der Waals surface area (Å²) in [5.74, 6) is -0.551. The Bertz CT molecular complexity index is 1110. The maximum Gasteiger partial charge on any atom is 0.312 e. The SMILES string of the molecule is CCNc1ccc(C(c2cc(CO)c(C)s2)C(C)(C)C(=O)OCc2ccccc2)c(C)c1N. The van der Waals surface area contributed by atoms with Crippen LogP contribution in [0.25, 0.3) is 0 Å². The first-order valence-corrected chi connectivity index (χ1v) is 12.1. The van der Waals surface area contributed by atoms with Gasteiger partial charge in [-0.05, 0) is 69.0 Å². The van der Waals surface area contributed by atoms with Crippen LogP contribution < -0.4 is 11.1 Å². The Kier molecular flexibility index (Phi) is 7.82. The Hall–Kier alpha value is -2.83. The van der Waals surface area contributed by atoms with Crippen molar-refractivity contribution < 1.29 is 14.6 Å². The normalized spacial score (nSPS) is 12.4. The minimum absolute atomic E-state index is 0.0333. The summed E-state index contributed by atoms with van der Waals surface area (Å²) in [5.41, 5.74) is 10.9. The predicted molar refractivity (Wildman–Crippen MR) is 137 cm³/mol. The Morgan fingerprint density at radius 2 is 1.88 bits per heavy atom. The smallest absolute Gasteiger partial charge is 0.312 e. The van der Waals surface area contributed by atoms with Crippen molar-refractivity contribution in [3.05, 3.63) is 80.5 Å². The van der Waals surface area contributed by atoms with E-state index in [1.54, 1.807) is 11.3 Å². The van der Waals surface area contributed by atoms with E-state index in [1.165, 1.54) is 0 Å². The molecule has 5 nitrogen and oxygen atoms in total. The molecule has 0 saturated carbocycles. The van der Waals surface area contributed by atoms with Gasteiger partial charge in [-0.1, -0.05) is 36.4 Å². The van der Waals surface area contributed by atoms with Crippen LogP contribution in [0.5, 0.6) is 0 Å². The number of carbonyl (C=O) groups is 1. The number of benzene rings is 2. The zero-order chi connectivity index (χ0) is 24.2. The molecule has 1 unspecified atom stereocenters. The Labute approximate surface area is 200 Å². The molecule has 0 amide bonds. The van der Waals surface area contributed by atoms with Gasteiger partial charge in [-0.25, -0.2) is 0 Å². The van der Waals surface area contributed by atoms with E-state index in [-0.39, 0.29) is 25.1 Å². The zero-order valence-corrected chi connectivity index (χ0v) is 20.9. The molecule has 6 heteroatoms. The highest BCUT2D eigenvalue weighted by atomic mass is 32.1. The fourth-order valence-corrected chi connectivity index (χ4v) is 5.52. The van der Waals surface area contributed by atoms with E-state index in [0.29, 0.717) is 5.69 Å². The third-order valence-corrected chi connectivity index (χ3v) is 7.35. The number of nitrogens with two attached hydrogens (primary N) is 1.